The van der Waals surface area contributed by atoms with Gasteiger partial charge in [-0.05, 0) is 25.2 Å². The Morgan fingerprint density at radius 1 is 1.05 bits per heavy atom. The fourth-order valence-corrected chi connectivity index (χ4v) is 1.38. The zero-order valence-electron chi connectivity index (χ0n) is 11.5. The molecule has 1 aliphatic rings. The second kappa shape index (κ2) is 11.9. The summed E-state index contributed by atoms with van der Waals surface area (Å²) in [4.78, 5) is 22.3. The van der Waals surface area contributed by atoms with Crippen LogP contribution in [-0.2, 0) is 19.1 Å². The number of hydrogen-bond acceptors (Lipinski definition) is 6. The average molecular weight is 276 g/mol. The topological polar surface area (TPSA) is 93.1 Å². The summed E-state index contributed by atoms with van der Waals surface area (Å²) in [6.07, 6.45) is 2.95. The molecule has 0 aromatic rings. The second-order valence-corrected chi connectivity index (χ2v) is 4.45. The molecule has 0 radical (unpaired) electrons. The maximum absolute atomic E-state index is 11.2. The first-order valence-electron chi connectivity index (χ1n) is 6.63. The van der Waals surface area contributed by atoms with Crippen LogP contribution in [0.5, 0.6) is 0 Å². The van der Waals surface area contributed by atoms with Gasteiger partial charge in [-0.2, -0.15) is 0 Å². The third-order valence-electron chi connectivity index (χ3n) is 2.51. The van der Waals surface area contributed by atoms with E-state index in [1.54, 1.807) is 0 Å². The van der Waals surface area contributed by atoms with Gasteiger partial charge in [-0.25, -0.2) is 0 Å². The van der Waals surface area contributed by atoms with Gasteiger partial charge in [-0.15, -0.1) is 0 Å². The molecule has 0 spiro atoms. The monoisotopic (exact) mass is 276 g/mol. The van der Waals surface area contributed by atoms with Crippen molar-refractivity contribution in [3.8, 4) is 0 Å². The molecule has 0 aromatic carbocycles. The van der Waals surface area contributed by atoms with E-state index in [1.807, 2.05) is 6.92 Å². The molecule has 1 rings (SSSR count). The number of ether oxygens (including phenoxy) is 2. The Bertz CT molecular complexity index is 252. The SMILES string of the molecule is CC1CCOC(=O)CCCCC(=O)OC1.OCCO. The maximum Gasteiger partial charge on any atom is 0.305 e. The summed E-state index contributed by atoms with van der Waals surface area (Å²) in [5.74, 6) is -0.0619. The summed E-state index contributed by atoms with van der Waals surface area (Å²) in [6.45, 7) is 2.58. The first kappa shape index (κ1) is 17.9. The van der Waals surface area contributed by atoms with E-state index in [0.29, 0.717) is 38.9 Å². The fourth-order valence-electron chi connectivity index (χ4n) is 1.38. The molecule has 0 amide bonds. The summed E-state index contributed by atoms with van der Waals surface area (Å²) in [5, 5.41) is 15.2. The highest BCUT2D eigenvalue weighted by molar-refractivity contribution is 5.70. The molecule has 1 heterocycles. The molecule has 0 saturated carbocycles. The van der Waals surface area contributed by atoms with Crippen LogP contribution in [0.1, 0.15) is 39.0 Å². The zero-order chi connectivity index (χ0) is 14.5. The van der Waals surface area contributed by atoms with Crippen LogP contribution in [0.15, 0.2) is 0 Å². The average Bonchev–Trinajstić information content (AvgIpc) is 2.40. The molecule has 2 N–H and O–H groups in total. The molecule has 1 atom stereocenters. The first-order valence-corrected chi connectivity index (χ1v) is 6.63. The minimum absolute atomic E-state index is 0.125. The van der Waals surface area contributed by atoms with Crippen molar-refractivity contribution < 1.29 is 29.3 Å². The molecule has 1 saturated heterocycles. The lowest BCUT2D eigenvalue weighted by molar-refractivity contribution is -0.148. The van der Waals surface area contributed by atoms with Crippen LogP contribution in [0.2, 0.25) is 0 Å². The first-order chi connectivity index (χ1) is 9.10. The normalized spacial score (nSPS) is 21.9. The lowest BCUT2D eigenvalue weighted by Gasteiger charge is -2.13. The highest BCUT2D eigenvalue weighted by Gasteiger charge is 2.11. The van der Waals surface area contributed by atoms with Crippen molar-refractivity contribution in [3.05, 3.63) is 0 Å². The van der Waals surface area contributed by atoms with Gasteiger partial charge in [0.15, 0.2) is 0 Å². The van der Waals surface area contributed by atoms with E-state index in [9.17, 15) is 9.59 Å². The van der Waals surface area contributed by atoms with E-state index in [1.165, 1.54) is 0 Å². The molecule has 112 valence electrons. The number of esters is 2. The smallest absolute Gasteiger partial charge is 0.305 e. The number of cyclic esters (lactones) is 2. The van der Waals surface area contributed by atoms with Crippen molar-refractivity contribution in [1.29, 1.82) is 0 Å². The Labute approximate surface area is 113 Å². The molecular weight excluding hydrogens is 252 g/mol. The molecule has 6 heteroatoms. The number of carbonyl (C=O) groups is 2. The van der Waals surface area contributed by atoms with Gasteiger partial charge in [0.2, 0.25) is 0 Å². The van der Waals surface area contributed by atoms with Crippen LogP contribution in [0, 0.1) is 5.92 Å². The summed E-state index contributed by atoms with van der Waals surface area (Å²) in [7, 11) is 0. The molecule has 6 nitrogen and oxygen atoms in total. The Balaban J connectivity index is 0.000000711. The molecule has 0 bridgehead atoms. The lowest BCUT2D eigenvalue weighted by Crippen LogP contribution is -2.16. The highest BCUT2D eigenvalue weighted by atomic mass is 16.5. The number of rotatable bonds is 1. The lowest BCUT2D eigenvalue weighted by atomic mass is 10.1. The van der Waals surface area contributed by atoms with Crippen molar-refractivity contribution in [3.63, 3.8) is 0 Å². The van der Waals surface area contributed by atoms with Crippen molar-refractivity contribution >= 4 is 11.9 Å². The number of aliphatic hydroxyl groups is 2. The van der Waals surface area contributed by atoms with Crippen molar-refractivity contribution in [2.24, 2.45) is 5.92 Å². The van der Waals surface area contributed by atoms with Crippen LogP contribution in [-0.4, -0.2) is 48.6 Å². The standard InChI is InChI=1S/C11H18O4.C2H6O2/c1-9-6-7-14-10(12)4-2-3-5-11(13)15-8-9;3-1-2-4/h9H,2-8H2,1H3;3-4H,1-2H2. The molecule has 1 unspecified atom stereocenters. The maximum atomic E-state index is 11.2. The number of aliphatic hydroxyl groups excluding tert-OH is 2. The Morgan fingerprint density at radius 3 is 2.11 bits per heavy atom. The minimum Gasteiger partial charge on any atom is -0.466 e. The summed E-state index contributed by atoms with van der Waals surface area (Å²) >= 11 is 0. The Kier molecular flexibility index (Phi) is 11.2. The van der Waals surface area contributed by atoms with Crippen LogP contribution >= 0.6 is 0 Å². The van der Waals surface area contributed by atoms with Gasteiger partial charge in [0, 0.05) is 12.8 Å². The van der Waals surface area contributed by atoms with E-state index >= 15 is 0 Å². The Morgan fingerprint density at radius 2 is 1.58 bits per heavy atom. The molecular formula is C13H24O6. The fraction of sp³-hybridized carbons (Fsp3) is 0.846. The van der Waals surface area contributed by atoms with Crippen LogP contribution < -0.4 is 0 Å². The van der Waals surface area contributed by atoms with Gasteiger partial charge >= 0.3 is 11.9 Å². The third kappa shape index (κ3) is 11.7. The van der Waals surface area contributed by atoms with Gasteiger partial charge < -0.3 is 19.7 Å². The van der Waals surface area contributed by atoms with Gasteiger partial charge in [-0.3, -0.25) is 9.59 Å². The van der Waals surface area contributed by atoms with Gasteiger partial charge in [0.05, 0.1) is 26.4 Å². The zero-order valence-corrected chi connectivity index (χ0v) is 11.5. The minimum atomic E-state index is -0.157. The molecule has 19 heavy (non-hydrogen) atoms. The summed E-state index contributed by atoms with van der Waals surface area (Å²) in [6, 6.07) is 0. The summed E-state index contributed by atoms with van der Waals surface area (Å²) < 4.78 is 10.1. The second-order valence-electron chi connectivity index (χ2n) is 4.45. The predicted molar refractivity (Wildman–Crippen MR) is 68.3 cm³/mol. The molecule has 1 fully saturated rings. The van der Waals surface area contributed by atoms with E-state index in [4.69, 9.17) is 19.7 Å². The Hall–Kier alpha value is -1.14. The molecule has 0 aliphatic carbocycles. The summed E-state index contributed by atoms with van der Waals surface area (Å²) in [5.41, 5.74) is 0. The number of hydrogen-bond donors (Lipinski definition) is 2. The van der Waals surface area contributed by atoms with Crippen molar-refractivity contribution in [2.75, 3.05) is 26.4 Å². The van der Waals surface area contributed by atoms with Crippen LogP contribution in [0.4, 0.5) is 0 Å². The van der Waals surface area contributed by atoms with Crippen LogP contribution in [0.3, 0.4) is 0 Å². The van der Waals surface area contributed by atoms with Gasteiger partial charge in [0.25, 0.3) is 0 Å². The van der Waals surface area contributed by atoms with E-state index in [0.717, 1.165) is 6.42 Å². The van der Waals surface area contributed by atoms with Gasteiger partial charge in [-0.1, -0.05) is 6.92 Å². The molecule has 0 aromatic heterocycles. The van der Waals surface area contributed by atoms with E-state index < -0.39 is 0 Å². The van der Waals surface area contributed by atoms with E-state index in [2.05, 4.69) is 0 Å². The third-order valence-corrected chi connectivity index (χ3v) is 2.51. The number of carbonyl (C=O) groups excluding carboxylic acids is 2. The van der Waals surface area contributed by atoms with Crippen LogP contribution in [0.25, 0.3) is 0 Å². The predicted octanol–water partition coefficient (Wildman–Crippen LogP) is 0.644. The van der Waals surface area contributed by atoms with Crippen molar-refractivity contribution in [2.45, 2.75) is 39.0 Å². The highest BCUT2D eigenvalue weighted by Crippen LogP contribution is 2.09. The van der Waals surface area contributed by atoms with Gasteiger partial charge in [0.1, 0.15) is 0 Å². The quantitative estimate of drug-likeness (QED) is 0.683. The van der Waals surface area contributed by atoms with Crippen molar-refractivity contribution in [1.82, 2.24) is 0 Å². The molecule has 1 aliphatic heterocycles. The van der Waals surface area contributed by atoms with E-state index in [-0.39, 0.29) is 31.1 Å². The largest absolute Gasteiger partial charge is 0.466 e.